The number of aromatic nitrogens is 2. The number of amides is 1. The van der Waals surface area contributed by atoms with Gasteiger partial charge in [-0.1, -0.05) is 29.8 Å². The molecule has 2 heterocycles. The average molecular weight is 454 g/mol. The lowest BCUT2D eigenvalue weighted by atomic mass is 10.2. The molecule has 0 radical (unpaired) electrons. The van der Waals surface area contributed by atoms with E-state index < -0.39 is 17.4 Å². The van der Waals surface area contributed by atoms with E-state index in [0.29, 0.717) is 26.7 Å². The minimum atomic E-state index is -0.648. The number of nitrogens with zero attached hydrogens (tertiary/aromatic N) is 2. The first-order valence-corrected chi connectivity index (χ1v) is 10.6. The Hall–Kier alpha value is -3.49. The maximum atomic E-state index is 13.3. The van der Waals surface area contributed by atoms with Crippen LogP contribution in [0.4, 0.5) is 5.00 Å². The molecule has 2 aromatic heterocycles. The number of benzene rings is 2. The Morgan fingerprint density at radius 3 is 2.52 bits per heavy atom. The molecule has 0 saturated heterocycles. The number of thiophene rings is 1. The molecule has 0 fully saturated rings. The highest BCUT2D eigenvalue weighted by Crippen LogP contribution is 2.31. The minimum Gasteiger partial charge on any atom is -0.461 e. The van der Waals surface area contributed by atoms with Crippen molar-refractivity contribution in [3.63, 3.8) is 0 Å². The average Bonchev–Trinajstić information content (AvgIpc) is 3.19. The number of hydrogen-bond acceptors (Lipinski definition) is 6. The zero-order valence-electron chi connectivity index (χ0n) is 16.3. The Kier molecular flexibility index (Phi) is 5.83. The Balaban J connectivity index is 1.87. The summed E-state index contributed by atoms with van der Waals surface area (Å²) in [5.41, 5.74) is 0.417. The number of hydrogen-bond donors (Lipinski definition) is 1. The molecule has 1 N–H and O–H groups in total. The number of nitrogens with one attached hydrogen (secondary N) is 1. The van der Waals surface area contributed by atoms with E-state index in [0.717, 1.165) is 16.0 Å². The van der Waals surface area contributed by atoms with E-state index in [1.165, 1.54) is 0 Å². The molecular formula is C22H16ClN3O4S. The molecule has 4 aromatic rings. The SMILES string of the molecule is CCOC(=O)c1nn(-c2ccccc2)c(=O)c2c(NC(=O)c3ccc(Cl)cc3)scc12. The summed E-state index contributed by atoms with van der Waals surface area (Å²) in [7, 11) is 0. The van der Waals surface area contributed by atoms with Gasteiger partial charge in [-0.15, -0.1) is 11.3 Å². The number of fused-ring (bicyclic) bond motifs is 1. The molecule has 0 aliphatic carbocycles. The van der Waals surface area contributed by atoms with Crippen LogP contribution < -0.4 is 10.9 Å². The van der Waals surface area contributed by atoms with Crippen molar-refractivity contribution in [2.24, 2.45) is 0 Å². The second-order valence-corrected chi connectivity index (χ2v) is 7.75. The molecule has 0 unspecified atom stereocenters. The van der Waals surface area contributed by atoms with Crippen molar-refractivity contribution < 1.29 is 14.3 Å². The quantitative estimate of drug-likeness (QED) is 0.448. The summed E-state index contributed by atoms with van der Waals surface area (Å²) in [6.45, 7) is 1.85. The predicted molar refractivity (Wildman–Crippen MR) is 121 cm³/mol. The van der Waals surface area contributed by atoms with Crippen LogP contribution in [0.15, 0.2) is 64.8 Å². The van der Waals surface area contributed by atoms with Gasteiger partial charge in [0.2, 0.25) is 0 Å². The fraction of sp³-hybridized carbons (Fsp3) is 0.0909. The van der Waals surface area contributed by atoms with Crippen LogP contribution in [0, 0.1) is 0 Å². The van der Waals surface area contributed by atoms with E-state index in [2.05, 4.69) is 10.4 Å². The van der Waals surface area contributed by atoms with E-state index in [1.54, 1.807) is 60.8 Å². The van der Waals surface area contributed by atoms with Gasteiger partial charge >= 0.3 is 5.97 Å². The summed E-state index contributed by atoms with van der Waals surface area (Å²) in [6, 6.07) is 15.1. The highest BCUT2D eigenvalue weighted by atomic mass is 35.5. The van der Waals surface area contributed by atoms with Gasteiger partial charge in [0.05, 0.1) is 17.7 Å². The zero-order chi connectivity index (χ0) is 22.0. The Morgan fingerprint density at radius 1 is 1.13 bits per heavy atom. The van der Waals surface area contributed by atoms with E-state index in [-0.39, 0.29) is 17.7 Å². The first-order valence-electron chi connectivity index (χ1n) is 9.33. The molecule has 1 amide bonds. The first-order chi connectivity index (χ1) is 15.0. The van der Waals surface area contributed by atoms with Crippen LogP contribution in [0.5, 0.6) is 0 Å². The van der Waals surface area contributed by atoms with Crippen LogP contribution >= 0.6 is 22.9 Å². The summed E-state index contributed by atoms with van der Waals surface area (Å²) >= 11 is 7.02. The molecule has 0 aliphatic heterocycles. The zero-order valence-corrected chi connectivity index (χ0v) is 17.9. The number of ether oxygens (including phenoxy) is 1. The van der Waals surface area contributed by atoms with Crippen LogP contribution in [0.25, 0.3) is 16.5 Å². The molecule has 31 heavy (non-hydrogen) atoms. The highest BCUT2D eigenvalue weighted by molar-refractivity contribution is 7.16. The standard InChI is InChI=1S/C22H16ClN3O4S/c1-2-30-22(29)18-16-12-31-20(24-19(27)13-8-10-14(23)11-9-13)17(16)21(28)26(25-18)15-6-4-3-5-7-15/h3-12H,2H2,1H3,(H,24,27). The Morgan fingerprint density at radius 2 is 1.84 bits per heavy atom. The number of para-hydroxylation sites is 1. The van der Waals surface area contributed by atoms with Crippen molar-refractivity contribution in [3.8, 4) is 5.69 Å². The van der Waals surface area contributed by atoms with Crippen molar-refractivity contribution in [1.29, 1.82) is 0 Å². The second kappa shape index (κ2) is 8.71. The Bertz CT molecular complexity index is 1330. The first kappa shape index (κ1) is 20.8. The molecule has 7 nitrogen and oxygen atoms in total. The van der Waals surface area contributed by atoms with Crippen LogP contribution in [0.1, 0.15) is 27.8 Å². The smallest absolute Gasteiger partial charge is 0.359 e. The molecule has 9 heteroatoms. The number of anilines is 1. The van der Waals surface area contributed by atoms with Crippen LogP contribution in [-0.2, 0) is 4.74 Å². The van der Waals surface area contributed by atoms with Crippen molar-refractivity contribution in [3.05, 3.63) is 86.6 Å². The topological polar surface area (TPSA) is 90.3 Å². The number of halogens is 1. The number of esters is 1. The van der Waals surface area contributed by atoms with Gasteiger partial charge in [0, 0.05) is 21.4 Å². The van der Waals surface area contributed by atoms with Crippen molar-refractivity contribution >= 4 is 50.6 Å². The molecular weight excluding hydrogens is 438 g/mol. The molecule has 4 rings (SSSR count). The van der Waals surface area contributed by atoms with Crippen molar-refractivity contribution in [2.75, 3.05) is 11.9 Å². The third-order valence-electron chi connectivity index (χ3n) is 4.46. The van der Waals surface area contributed by atoms with Crippen molar-refractivity contribution in [2.45, 2.75) is 6.92 Å². The lowest BCUT2D eigenvalue weighted by molar-refractivity contribution is 0.0520. The summed E-state index contributed by atoms with van der Waals surface area (Å²) in [4.78, 5) is 38.5. The summed E-state index contributed by atoms with van der Waals surface area (Å²) in [6.07, 6.45) is 0. The fourth-order valence-corrected chi connectivity index (χ4v) is 4.07. The normalized spacial score (nSPS) is 10.8. The van der Waals surface area contributed by atoms with E-state index in [1.807, 2.05) is 6.07 Å². The van der Waals surface area contributed by atoms with Crippen LogP contribution in [0.2, 0.25) is 5.02 Å². The van der Waals surface area contributed by atoms with E-state index >= 15 is 0 Å². The van der Waals surface area contributed by atoms with Gasteiger partial charge in [0.25, 0.3) is 11.5 Å². The molecule has 0 atom stereocenters. The summed E-state index contributed by atoms with van der Waals surface area (Å²) in [5.74, 6) is -1.05. The van der Waals surface area contributed by atoms with Gasteiger partial charge < -0.3 is 10.1 Å². The highest BCUT2D eigenvalue weighted by Gasteiger charge is 2.23. The van der Waals surface area contributed by atoms with Gasteiger partial charge in [0.15, 0.2) is 5.69 Å². The molecule has 0 aliphatic rings. The third-order valence-corrected chi connectivity index (χ3v) is 5.60. The third kappa shape index (κ3) is 4.08. The van der Waals surface area contributed by atoms with Gasteiger partial charge in [-0.2, -0.15) is 9.78 Å². The molecule has 2 aromatic carbocycles. The summed E-state index contributed by atoms with van der Waals surface area (Å²) in [5, 5.41) is 9.97. The number of carbonyl (C=O) groups is 2. The van der Waals surface area contributed by atoms with Gasteiger partial charge in [-0.25, -0.2) is 4.79 Å². The van der Waals surface area contributed by atoms with Gasteiger partial charge in [-0.3, -0.25) is 9.59 Å². The predicted octanol–water partition coefficient (Wildman–Crippen LogP) is 4.53. The fourth-order valence-electron chi connectivity index (χ4n) is 3.01. The van der Waals surface area contributed by atoms with Gasteiger partial charge in [0.1, 0.15) is 5.00 Å². The second-order valence-electron chi connectivity index (χ2n) is 6.44. The van der Waals surface area contributed by atoms with Crippen molar-refractivity contribution in [1.82, 2.24) is 9.78 Å². The van der Waals surface area contributed by atoms with Crippen LogP contribution in [0.3, 0.4) is 0 Å². The Labute approximate surface area is 185 Å². The number of rotatable bonds is 5. The van der Waals surface area contributed by atoms with E-state index in [4.69, 9.17) is 16.3 Å². The maximum absolute atomic E-state index is 13.3. The van der Waals surface area contributed by atoms with E-state index in [9.17, 15) is 14.4 Å². The molecule has 156 valence electrons. The minimum absolute atomic E-state index is 0.00328. The monoisotopic (exact) mass is 453 g/mol. The largest absolute Gasteiger partial charge is 0.461 e. The molecule has 0 bridgehead atoms. The maximum Gasteiger partial charge on any atom is 0.359 e. The molecule has 0 spiro atoms. The lowest BCUT2D eigenvalue weighted by Crippen LogP contribution is -2.25. The molecule has 0 saturated carbocycles. The summed E-state index contributed by atoms with van der Waals surface area (Å²) < 4.78 is 6.26. The van der Waals surface area contributed by atoms with Gasteiger partial charge in [-0.05, 0) is 43.3 Å². The lowest BCUT2D eigenvalue weighted by Gasteiger charge is -2.10. The number of carbonyl (C=O) groups excluding carboxylic acids is 2. The van der Waals surface area contributed by atoms with Crippen LogP contribution in [-0.4, -0.2) is 28.3 Å².